The summed E-state index contributed by atoms with van der Waals surface area (Å²) >= 11 is 12.6. The lowest BCUT2D eigenvalue weighted by atomic mass is 10.1. The quantitative estimate of drug-likeness (QED) is 0.298. The molecule has 7 nitrogen and oxygen atoms in total. The maximum Gasteiger partial charge on any atom is 0.287 e. The Hall–Kier alpha value is -3.16. The van der Waals surface area contributed by atoms with Crippen LogP contribution in [0.2, 0.25) is 10.0 Å². The lowest BCUT2D eigenvalue weighted by Gasteiger charge is -2.11. The zero-order valence-electron chi connectivity index (χ0n) is 15.3. The van der Waals surface area contributed by atoms with Gasteiger partial charge in [-0.1, -0.05) is 53.0 Å². The summed E-state index contributed by atoms with van der Waals surface area (Å²) in [5.41, 5.74) is 5.40. The van der Waals surface area contributed by atoms with Crippen molar-refractivity contribution in [2.24, 2.45) is 5.10 Å². The van der Waals surface area contributed by atoms with Crippen molar-refractivity contribution < 1.29 is 9.66 Å². The van der Waals surface area contributed by atoms with Gasteiger partial charge in [0.2, 0.25) is 0 Å². The summed E-state index contributed by atoms with van der Waals surface area (Å²) in [7, 11) is 0. The monoisotopic (exact) mass is 430 g/mol. The molecule has 148 valence electrons. The molecule has 2 aromatic carbocycles. The smallest absolute Gasteiger partial charge is 0.287 e. The molecule has 1 aromatic heterocycles. The van der Waals surface area contributed by atoms with E-state index >= 15 is 0 Å². The first-order valence-corrected chi connectivity index (χ1v) is 9.25. The molecule has 3 rings (SSSR count). The van der Waals surface area contributed by atoms with Gasteiger partial charge in [-0.05, 0) is 36.2 Å². The number of halogens is 2. The number of nitrogens with zero attached hydrogens (tertiary/aromatic N) is 3. The van der Waals surface area contributed by atoms with Gasteiger partial charge in [0.15, 0.2) is 5.75 Å². The Bertz CT molecular complexity index is 1030. The summed E-state index contributed by atoms with van der Waals surface area (Å²) in [5, 5.41) is 15.4. The van der Waals surface area contributed by atoms with Crippen LogP contribution in [0.1, 0.15) is 16.7 Å². The number of nitro groups is 1. The molecule has 0 fully saturated rings. The number of pyridine rings is 1. The lowest BCUT2D eigenvalue weighted by Crippen LogP contribution is -1.98. The van der Waals surface area contributed by atoms with Crippen LogP contribution in [-0.4, -0.2) is 16.1 Å². The van der Waals surface area contributed by atoms with Crippen molar-refractivity contribution in [3.8, 4) is 5.75 Å². The van der Waals surface area contributed by atoms with Gasteiger partial charge in [-0.3, -0.25) is 15.5 Å². The van der Waals surface area contributed by atoms with Crippen LogP contribution in [-0.2, 0) is 6.61 Å². The van der Waals surface area contributed by atoms with Crippen LogP contribution in [0, 0.1) is 17.0 Å². The van der Waals surface area contributed by atoms with Gasteiger partial charge >= 0.3 is 0 Å². The Balaban J connectivity index is 1.65. The van der Waals surface area contributed by atoms with Crippen LogP contribution >= 0.6 is 23.2 Å². The highest BCUT2D eigenvalue weighted by Crippen LogP contribution is 2.34. The molecule has 1 heterocycles. The van der Waals surface area contributed by atoms with E-state index in [1.54, 1.807) is 12.1 Å². The largest absolute Gasteiger partial charge is 0.486 e. The number of nitrogens with one attached hydrogen (secondary N) is 1. The van der Waals surface area contributed by atoms with Crippen molar-refractivity contribution in [3.63, 3.8) is 0 Å². The van der Waals surface area contributed by atoms with E-state index in [0.717, 1.165) is 17.3 Å². The van der Waals surface area contributed by atoms with E-state index in [1.807, 2.05) is 31.2 Å². The van der Waals surface area contributed by atoms with Gasteiger partial charge < -0.3 is 4.74 Å². The van der Waals surface area contributed by atoms with Crippen LogP contribution in [0.5, 0.6) is 5.75 Å². The maximum atomic E-state index is 10.6. The summed E-state index contributed by atoms with van der Waals surface area (Å²) in [6, 6.07) is 14.1. The highest BCUT2D eigenvalue weighted by Gasteiger charge is 2.10. The lowest BCUT2D eigenvalue weighted by molar-refractivity contribution is -0.385. The number of rotatable bonds is 7. The molecule has 3 aromatic rings. The van der Waals surface area contributed by atoms with E-state index < -0.39 is 4.92 Å². The van der Waals surface area contributed by atoms with Crippen molar-refractivity contribution >= 4 is 40.9 Å². The van der Waals surface area contributed by atoms with E-state index in [-0.39, 0.29) is 5.69 Å². The Kier molecular flexibility index (Phi) is 6.64. The predicted octanol–water partition coefficient (Wildman–Crippen LogP) is 5.63. The highest BCUT2D eigenvalue weighted by molar-refractivity contribution is 6.37. The van der Waals surface area contributed by atoms with Crippen LogP contribution in [0.4, 0.5) is 11.5 Å². The van der Waals surface area contributed by atoms with Crippen LogP contribution in [0.25, 0.3) is 0 Å². The van der Waals surface area contributed by atoms with Gasteiger partial charge in [0, 0.05) is 6.07 Å². The Morgan fingerprint density at radius 1 is 1.21 bits per heavy atom. The highest BCUT2D eigenvalue weighted by atomic mass is 35.5. The molecule has 0 saturated carbocycles. The van der Waals surface area contributed by atoms with E-state index in [9.17, 15) is 10.1 Å². The first-order valence-electron chi connectivity index (χ1n) is 8.49. The van der Waals surface area contributed by atoms with Gasteiger partial charge in [-0.2, -0.15) is 5.10 Å². The first kappa shape index (κ1) is 20.6. The molecule has 0 amide bonds. The minimum Gasteiger partial charge on any atom is -0.486 e. The van der Waals surface area contributed by atoms with Crippen molar-refractivity contribution in [2.45, 2.75) is 13.5 Å². The summed E-state index contributed by atoms with van der Waals surface area (Å²) in [4.78, 5) is 14.0. The fourth-order valence-electron chi connectivity index (χ4n) is 2.48. The third kappa shape index (κ3) is 5.66. The van der Waals surface area contributed by atoms with Gasteiger partial charge in [0.05, 0.1) is 21.2 Å². The number of hydrogen-bond donors (Lipinski definition) is 1. The van der Waals surface area contributed by atoms with E-state index in [2.05, 4.69) is 15.5 Å². The number of ether oxygens (including phenoxy) is 1. The molecule has 0 unspecified atom stereocenters. The summed E-state index contributed by atoms with van der Waals surface area (Å²) in [6.45, 7) is 2.36. The zero-order chi connectivity index (χ0) is 20.8. The topological polar surface area (TPSA) is 89.6 Å². The van der Waals surface area contributed by atoms with E-state index in [4.69, 9.17) is 27.9 Å². The van der Waals surface area contributed by atoms with Gasteiger partial charge in [0.25, 0.3) is 5.69 Å². The standard InChI is InChI=1S/C20H16Cl2N4O3/c1-13-3-2-4-14(7-13)12-29-20-17(21)8-15(9-18(20)22)10-24-25-19-6-5-16(11-23-19)26(27)28/h2-11H,12H2,1H3,(H,23,25)/b24-10+. The summed E-state index contributed by atoms with van der Waals surface area (Å²) in [6.07, 6.45) is 2.65. The second-order valence-corrected chi connectivity index (χ2v) is 6.93. The Morgan fingerprint density at radius 2 is 1.97 bits per heavy atom. The van der Waals surface area contributed by atoms with E-state index in [1.165, 1.54) is 18.3 Å². The van der Waals surface area contributed by atoms with Crippen molar-refractivity contribution in [2.75, 3.05) is 5.43 Å². The summed E-state index contributed by atoms with van der Waals surface area (Å²) in [5.74, 6) is 0.763. The molecule has 29 heavy (non-hydrogen) atoms. The van der Waals surface area contributed by atoms with Crippen molar-refractivity contribution in [1.29, 1.82) is 0 Å². The fraction of sp³-hybridized carbons (Fsp3) is 0.100. The maximum absolute atomic E-state index is 10.6. The zero-order valence-corrected chi connectivity index (χ0v) is 16.8. The van der Waals surface area contributed by atoms with Crippen LogP contribution < -0.4 is 10.2 Å². The Morgan fingerprint density at radius 3 is 2.59 bits per heavy atom. The number of aromatic nitrogens is 1. The summed E-state index contributed by atoms with van der Waals surface area (Å²) < 4.78 is 5.78. The third-order valence-electron chi connectivity index (χ3n) is 3.84. The molecule has 1 N–H and O–H groups in total. The Labute approximate surface area is 177 Å². The second-order valence-electron chi connectivity index (χ2n) is 6.12. The normalized spacial score (nSPS) is 10.9. The number of hydrazone groups is 1. The molecule has 9 heteroatoms. The molecule has 0 radical (unpaired) electrons. The second kappa shape index (κ2) is 9.36. The molecule has 0 spiro atoms. The van der Waals surface area contributed by atoms with Crippen LogP contribution in [0.3, 0.4) is 0 Å². The molecule has 0 aliphatic carbocycles. The van der Waals surface area contributed by atoms with Crippen molar-refractivity contribution in [3.05, 3.63) is 91.6 Å². The van der Waals surface area contributed by atoms with Crippen molar-refractivity contribution in [1.82, 2.24) is 4.98 Å². The minimum absolute atomic E-state index is 0.0978. The van der Waals surface area contributed by atoms with E-state index in [0.29, 0.717) is 33.8 Å². The molecule has 0 aliphatic rings. The van der Waals surface area contributed by atoms with Gasteiger partial charge in [-0.15, -0.1) is 0 Å². The first-order chi connectivity index (χ1) is 13.9. The molecule has 0 atom stereocenters. The minimum atomic E-state index is -0.521. The number of anilines is 1. The van der Waals surface area contributed by atoms with Gasteiger partial charge in [0.1, 0.15) is 18.6 Å². The number of aryl methyl sites for hydroxylation is 1. The SMILES string of the molecule is Cc1cccc(COc2c(Cl)cc(/C=N/Nc3ccc([N+](=O)[O-])cn3)cc2Cl)c1. The molecule has 0 aliphatic heterocycles. The molecular weight excluding hydrogens is 415 g/mol. The number of benzene rings is 2. The average Bonchev–Trinajstić information content (AvgIpc) is 2.68. The predicted molar refractivity (Wildman–Crippen MR) is 114 cm³/mol. The molecule has 0 saturated heterocycles. The molecule has 0 bridgehead atoms. The van der Waals surface area contributed by atoms with Gasteiger partial charge in [-0.25, -0.2) is 4.98 Å². The number of hydrogen-bond acceptors (Lipinski definition) is 6. The third-order valence-corrected chi connectivity index (χ3v) is 4.40. The fourth-order valence-corrected chi connectivity index (χ4v) is 3.10. The van der Waals surface area contributed by atoms with Crippen LogP contribution in [0.15, 0.2) is 59.8 Å². The molecular formula is C20H16Cl2N4O3. The average molecular weight is 431 g/mol.